The van der Waals surface area contributed by atoms with Crippen molar-refractivity contribution in [3.8, 4) is 0 Å². The normalized spacial score (nSPS) is 19.2. The average Bonchev–Trinajstić information content (AvgIpc) is 2.29. The zero-order valence-electron chi connectivity index (χ0n) is 10.7. The Kier molecular flexibility index (Phi) is 3.65. The lowest BCUT2D eigenvalue weighted by Gasteiger charge is -2.34. The van der Waals surface area contributed by atoms with E-state index in [1.54, 1.807) is 5.56 Å². The monoisotopic (exact) mass is 217 g/mol. The molecule has 0 N–H and O–H groups in total. The quantitative estimate of drug-likeness (QED) is 0.732. The fourth-order valence-corrected chi connectivity index (χ4v) is 2.67. The lowest BCUT2D eigenvalue weighted by atomic mass is 9.88. The summed E-state index contributed by atoms with van der Waals surface area (Å²) < 4.78 is 0. The lowest BCUT2D eigenvalue weighted by Crippen LogP contribution is -2.37. The van der Waals surface area contributed by atoms with E-state index in [0.717, 1.165) is 5.92 Å². The van der Waals surface area contributed by atoms with Crippen LogP contribution in [-0.2, 0) is 0 Å². The van der Waals surface area contributed by atoms with Crippen LogP contribution < -0.4 is 0 Å². The summed E-state index contributed by atoms with van der Waals surface area (Å²) in [7, 11) is 0. The maximum Gasteiger partial charge on any atom is 0.00385 e. The predicted molar refractivity (Wildman–Crippen MR) is 69.9 cm³/mol. The lowest BCUT2D eigenvalue weighted by molar-refractivity contribution is 0.172. The summed E-state index contributed by atoms with van der Waals surface area (Å²) in [6, 6.07) is 9.74. The van der Waals surface area contributed by atoms with E-state index in [4.69, 9.17) is 0 Å². The molecule has 0 aromatic heterocycles. The van der Waals surface area contributed by atoms with Crippen molar-refractivity contribution in [2.75, 3.05) is 13.1 Å². The van der Waals surface area contributed by atoms with Gasteiger partial charge in [-0.2, -0.15) is 0 Å². The minimum absolute atomic E-state index is 0.707. The van der Waals surface area contributed by atoms with Crippen LogP contribution in [0.3, 0.4) is 0 Å². The van der Waals surface area contributed by atoms with Crippen molar-refractivity contribution in [3.05, 3.63) is 35.4 Å². The number of hydrogen-bond donors (Lipinski definition) is 0. The van der Waals surface area contributed by atoms with Gasteiger partial charge in [0, 0.05) is 6.04 Å². The van der Waals surface area contributed by atoms with Gasteiger partial charge in [0.05, 0.1) is 0 Å². The van der Waals surface area contributed by atoms with Gasteiger partial charge in [-0.15, -0.1) is 0 Å². The van der Waals surface area contributed by atoms with Crippen molar-refractivity contribution in [2.24, 2.45) is 0 Å². The van der Waals surface area contributed by atoms with Crippen molar-refractivity contribution in [1.29, 1.82) is 0 Å². The van der Waals surface area contributed by atoms with Gasteiger partial charge in [0.2, 0.25) is 0 Å². The molecule has 1 fully saturated rings. The van der Waals surface area contributed by atoms with E-state index in [9.17, 15) is 0 Å². The summed E-state index contributed by atoms with van der Waals surface area (Å²) in [6.07, 6.45) is 2.64. The van der Waals surface area contributed by atoms with Crippen LogP contribution in [0.1, 0.15) is 43.7 Å². The van der Waals surface area contributed by atoms with E-state index in [1.165, 1.54) is 31.5 Å². The third-order valence-corrected chi connectivity index (χ3v) is 3.77. The molecular formula is C15H23N. The van der Waals surface area contributed by atoms with Gasteiger partial charge in [-0.05, 0) is 58.2 Å². The van der Waals surface area contributed by atoms with E-state index in [0.29, 0.717) is 6.04 Å². The molecule has 0 aliphatic carbocycles. The number of hydrogen-bond acceptors (Lipinski definition) is 1. The van der Waals surface area contributed by atoms with Crippen LogP contribution in [0.25, 0.3) is 0 Å². The number of aryl methyl sites for hydroxylation is 1. The molecule has 1 heteroatoms. The number of benzene rings is 1. The molecule has 1 heterocycles. The van der Waals surface area contributed by atoms with Gasteiger partial charge in [-0.3, -0.25) is 0 Å². The van der Waals surface area contributed by atoms with E-state index >= 15 is 0 Å². The maximum absolute atomic E-state index is 2.59. The summed E-state index contributed by atoms with van der Waals surface area (Å²) in [5, 5.41) is 0. The van der Waals surface area contributed by atoms with E-state index in [2.05, 4.69) is 49.9 Å². The molecule has 1 saturated heterocycles. The van der Waals surface area contributed by atoms with Crippen LogP contribution in [0, 0.1) is 6.92 Å². The second-order valence-corrected chi connectivity index (χ2v) is 5.32. The molecule has 0 unspecified atom stereocenters. The minimum Gasteiger partial charge on any atom is -0.301 e. The Balaban J connectivity index is 1.99. The molecule has 2 rings (SSSR count). The van der Waals surface area contributed by atoms with Crippen LogP contribution >= 0.6 is 0 Å². The Hall–Kier alpha value is -0.820. The molecule has 1 aromatic carbocycles. The molecule has 1 aromatic rings. The molecular weight excluding hydrogens is 194 g/mol. The molecule has 0 spiro atoms. The first-order valence-electron chi connectivity index (χ1n) is 6.47. The first-order chi connectivity index (χ1) is 7.66. The fourth-order valence-electron chi connectivity index (χ4n) is 2.67. The zero-order valence-corrected chi connectivity index (χ0v) is 10.7. The zero-order chi connectivity index (χ0) is 11.5. The van der Waals surface area contributed by atoms with Crippen molar-refractivity contribution in [1.82, 2.24) is 4.90 Å². The first kappa shape index (κ1) is 11.7. The molecule has 1 nitrogen and oxygen atoms in total. The molecule has 88 valence electrons. The largest absolute Gasteiger partial charge is 0.301 e. The Morgan fingerprint density at radius 2 is 1.88 bits per heavy atom. The summed E-state index contributed by atoms with van der Waals surface area (Å²) in [5.41, 5.74) is 2.94. The SMILES string of the molecule is Cc1cccc(C2CCN(C(C)C)CC2)c1. The molecule has 0 amide bonds. The standard InChI is InChI=1S/C15H23N/c1-12(2)16-9-7-14(8-10-16)15-6-4-5-13(3)11-15/h4-6,11-12,14H,7-10H2,1-3H3. The number of nitrogens with zero attached hydrogens (tertiary/aromatic N) is 1. The van der Waals surface area contributed by atoms with Crippen LogP contribution in [0.15, 0.2) is 24.3 Å². The molecule has 0 saturated carbocycles. The van der Waals surface area contributed by atoms with E-state index in [-0.39, 0.29) is 0 Å². The Morgan fingerprint density at radius 3 is 2.44 bits per heavy atom. The summed E-state index contributed by atoms with van der Waals surface area (Å²) in [6.45, 7) is 9.30. The van der Waals surface area contributed by atoms with Crippen molar-refractivity contribution < 1.29 is 0 Å². The van der Waals surface area contributed by atoms with Crippen LogP contribution in [0.2, 0.25) is 0 Å². The van der Waals surface area contributed by atoms with E-state index < -0.39 is 0 Å². The Bertz CT molecular complexity index is 335. The van der Waals surface area contributed by atoms with E-state index in [1.807, 2.05) is 0 Å². The van der Waals surface area contributed by atoms with Gasteiger partial charge in [0.15, 0.2) is 0 Å². The molecule has 1 aliphatic heterocycles. The highest BCUT2D eigenvalue weighted by Crippen LogP contribution is 2.28. The maximum atomic E-state index is 2.59. The second-order valence-electron chi connectivity index (χ2n) is 5.32. The number of piperidine rings is 1. The molecule has 0 radical (unpaired) electrons. The minimum atomic E-state index is 0.707. The van der Waals surface area contributed by atoms with Crippen LogP contribution in [0.5, 0.6) is 0 Å². The van der Waals surface area contributed by atoms with Gasteiger partial charge in [-0.25, -0.2) is 0 Å². The van der Waals surface area contributed by atoms with Gasteiger partial charge < -0.3 is 4.90 Å². The van der Waals surface area contributed by atoms with Crippen molar-refractivity contribution >= 4 is 0 Å². The highest BCUT2D eigenvalue weighted by molar-refractivity contribution is 5.25. The third kappa shape index (κ3) is 2.65. The summed E-state index contributed by atoms with van der Waals surface area (Å²) in [5.74, 6) is 0.787. The van der Waals surface area contributed by atoms with Crippen LogP contribution in [-0.4, -0.2) is 24.0 Å². The van der Waals surface area contributed by atoms with Gasteiger partial charge in [0.25, 0.3) is 0 Å². The highest BCUT2D eigenvalue weighted by Gasteiger charge is 2.21. The molecule has 0 bridgehead atoms. The summed E-state index contributed by atoms with van der Waals surface area (Å²) >= 11 is 0. The molecule has 1 aliphatic rings. The number of likely N-dealkylation sites (tertiary alicyclic amines) is 1. The summed E-state index contributed by atoms with van der Waals surface area (Å²) in [4.78, 5) is 2.59. The fraction of sp³-hybridized carbons (Fsp3) is 0.600. The van der Waals surface area contributed by atoms with Crippen LogP contribution in [0.4, 0.5) is 0 Å². The third-order valence-electron chi connectivity index (χ3n) is 3.77. The first-order valence-corrected chi connectivity index (χ1v) is 6.47. The smallest absolute Gasteiger partial charge is 0.00385 e. The van der Waals surface area contributed by atoms with Gasteiger partial charge in [-0.1, -0.05) is 29.8 Å². The van der Waals surface area contributed by atoms with Gasteiger partial charge in [0.1, 0.15) is 0 Å². The Labute approximate surface area is 99.5 Å². The molecule has 0 atom stereocenters. The van der Waals surface area contributed by atoms with Crippen molar-refractivity contribution in [3.63, 3.8) is 0 Å². The average molecular weight is 217 g/mol. The number of rotatable bonds is 2. The Morgan fingerprint density at radius 1 is 1.19 bits per heavy atom. The van der Waals surface area contributed by atoms with Crippen molar-refractivity contribution in [2.45, 2.75) is 45.6 Å². The van der Waals surface area contributed by atoms with Gasteiger partial charge >= 0.3 is 0 Å². The molecule has 16 heavy (non-hydrogen) atoms. The topological polar surface area (TPSA) is 3.24 Å². The highest BCUT2D eigenvalue weighted by atomic mass is 15.1. The second kappa shape index (κ2) is 5.01. The predicted octanol–water partition coefficient (Wildman–Crippen LogP) is 3.58.